The van der Waals surface area contributed by atoms with E-state index < -0.39 is 23.7 Å². The van der Waals surface area contributed by atoms with Crippen LogP contribution in [0.3, 0.4) is 0 Å². The lowest BCUT2D eigenvalue weighted by atomic mass is 9.94. The fourth-order valence-electron chi connectivity index (χ4n) is 3.01. The number of nitrogens with one attached hydrogen (secondary N) is 1. The second kappa shape index (κ2) is 8.87. The molecule has 0 aliphatic rings. The Morgan fingerprint density at radius 2 is 1.79 bits per heavy atom. The van der Waals surface area contributed by atoms with Gasteiger partial charge in [0.2, 0.25) is 0 Å². The number of aryl methyl sites for hydroxylation is 2. The van der Waals surface area contributed by atoms with Gasteiger partial charge in [-0.3, -0.25) is 9.78 Å². The van der Waals surface area contributed by atoms with Crippen molar-refractivity contribution < 1.29 is 19.1 Å². The van der Waals surface area contributed by atoms with Crippen LogP contribution in [0.25, 0.3) is 11.1 Å². The van der Waals surface area contributed by atoms with Crippen molar-refractivity contribution in [3.8, 4) is 11.1 Å². The maximum absolute atomic E-state index is 12.3. The summed E-state index contributed by atoms with van der Waals surface area (Å²) in [5.41, 5.74) is 4.33. The first-order chi connectivity index (χ1) is 13.1. The van der Waals surface area contributed by atoms with Crippen molar-refractivity contribution in [1.82, 2.24) is 10.3 Å². The van der Waals surface area contributed by atoms with Crippen LogP contribution in [0.2, 0.25) is 0 Å². The van der Waals surface area contributed by atoms with E-state index in [1.54, 1.807) is 33.2 Å². The van der Waals surface area contributed by atoms with Crippen LogP contribution in [0.5, 0.6) is 0 Å². The molecule has 2 rings (SSSR count). The summed E-state index contributed by atoms with van der Waals surface area (Å²) in [6.45, 7) is 9.43. The zero-order chi connectivity index (χ0) is 20.9. The molecular formula is C22H28N2O4. The minimum absolute atomic E-state index is 0.0202. The molecule has 0 bridgehead atoms. The molecular weight excluding hydrogens is 356 g/mol. The second-order valence-corrected chi connectivity index (χ2v) is 7.75. The predicted molar refractivity (Wildman–Crippen MR) is 108 cm³/mol. The molecule has 1 aromatic carbocycles. The number of benzene rings is 1. The van der Waals surface area contributed by atoms with Gasteiger partial charge in [-0.2, -0.15) is 0 Å². The Labute approximate surface area is 166 Å². The molecule has 0 saturated heterocycles. The lowest BCUT2D eigenvalue weighted by molar-refractivity contribution is -0.141. The van der Waals surface area contributed by atoms with E-state index in [4.69, 9.17) is 9.47 Å². The molecule has 150 valence electrons. The third-order valence-corrected chi connectivity index (χ3v) is 4.22. The number of nitrogens with zero attached hydrogens (tertiary/aromatic N) is 1. The molecule has 6 heteroatoms. The minimum Gasteiger partial charge on any atom is -0.469 e. The number of pyridine rings is 1. The molecule has 0 aliphatic heterocycles. The van der Waals surface area contributed by atoms with Crippen LogP contribution in [0.1, 0.15) is 49.9 Å². The van der Waals surface area contributed by atoms with Crippen LogP contribution >= 0.6 is 0 Å². The number of amides is 1. The summed E-state index contributed by atoms with van der Waals surface area (Å²) in [6, 6.07) is 7.42. The van der Waals surface area contributed by atoms with Gasteiger partial charge in [0.1, 0.15) is 5.60 Å². The predicted octanol–water partition coefficient (Wildman–Crippen LogP) is 4.49. The summed E-state index contributed by atoms with van der Waals surface area (Å²) in [5.74, 6) is -0.432. The van der Waals surface area contributed by atoms with Crippen LogP contribution < -0.4 is 5.32 Å². The van der Waals surface area contributed by atoms with Gasteiger partial charge < -0.3 is 14.8 Å². The standard InChI is InChI=1S/C22H28N2O4/c1-14-8-7-9-15(2)20(14)17-10-16(12-23-13-17)18(11-19(25)27-6)24-21(26)28-22(3,4)5/h7-10,12-13,18H,11H2,1-6H3,(H,24,26)/t18-/m0/s1. The Balaban J connectivity index is 2.38. The van der Waals surface area contributed by atoms with Crippen molar-refractivity contribution >= 4 is 12.1 Å². The van der Waals surface area contributed by atoms with E-state index in [0.717, 1.165) is 22.3 Å². The summed E-state index contributed by atoms with van der Waals surface area (Å²) in [7, 11) is 1.32. The zero-order valence-corrected chi connectivity index (χ0v) is 17.3. The Morgan fingerprint density at radius 3 is 2.36 bits per heavy atom. The molecule has 0 aliphatic carbocycles. The van der Waals surface area contributed by atoms with E-state index in [1.165, 1.54) is 7.11 Å². The topological polar surface area (TPSA) is 77.5 Å². The third kappa shape index (κ3) is 5.81. The van der Waals surface area contributed by atoms with Crippen molar-refractivity contribution in [3.05, 3.63) is 53.3 Å². The van der Waals surface area contributed by atoms with Crippen molar-refractivity contribution in [3.63, 3.8) is 0 Å². The Hall–Kier alpha value is -2.89. The van der Waals surface area contributed by atoms with Crippen molar-refractivity contribution in [2.24, 2.45) is 0 Å². The molecule has 28 heavy (non-hydrogen) atoms. The molecule has 0 spiro atoms. The first-order valence-corrected chi connectivity index (χ1v) is 9.18. The molecule has 1 atom stereocenters. The lowest BCUT2D eigenvalue weighted by Gasteiger charge is -2.23. The van der Waals surface area contributed by atoms with E-state index in [1.807, 2.05) is 38.1 Å². The van der Waals surface area contributed by atoms with Gasteiger partial charge in [-0.1, -0.05) is 18.2 Å². The van der Waals surface area contributed by atoms with E-state index >= 15 is 0 Å². The highest BCUT2D eigenvalue weighted by Crippen LogP contribution is 2.29. The summed E-state index contributed by atoms with van der Waals surface area (Å²) >= 11 is 0. The number of ether oxygens (including phenoxy) is 2. The van der Waals surface area contributed by atoms with Gasteiger partial charge in [-0.05, 0) is 62.9 Å². The average molecular weight is 384 g/mol. The van der Waals surface area contributed by atoms with E-state index in [-0.39, 0.29) is 6.42 Å². The highest BCUT2D eigenvalue weighted by Gasteiger charge is 2.23. The maximum Gasteiger partial charge on any atom is 0.408 e. The summed E-state index contributed by atoms with van der Waals surface area (Å²) < 4.78 is 10.1. The van der Waals surface area contributed by atoms with Crippen molar-refractivity contribution in [1.29, 1.82) is 0 Å². The largest absolute Gasteiger partial charge is 0.469 e. The van der Waals surface area contributed by atoms with Gasteiger partial charge in [0.25, 0.3) is 0 Å². The summed E-state index contributed by atoms with van der Waals surface area (Å²) in [6.07, 6.45) is 2.80. The Bertz CT molecular complexity index is 836. The Morgan fingerprint density at radius 1 is 1.14 bits per heavy atom. The quantitative estimate of drug-likeness (QED) is 0.768. The monoisotopic (exact) mass is 384 g/mol. The molecule has 2 aromatic rings. The van der Waals surface area contributed by atoms with E-state index in [0.29, 0.717) is 5.56 Å². The van der Waals surface area contributed by atoms with Crippen LogP contribution in [0.15, 0.2) is 36.7 Å². The number of carbonyl (C=O) groups excluding carboxylic acids is 2. The lowest BCUT2D eigenvalue weighted by Crippen LogP contribution is -2.36. The van der Waals surface area contributed by atoms with Crippen LogP contribution in [-0.4, -0.2) is 29.8 Å². The summed E-state index contributed by atoms with van der Waals surface area (Å²) in [4.78, 5) is 28.5. The van der Waals surface area contributed by atoms with Crippen LogP contribution in [0, 0.1) is 13.8 Å². The molecule has 1 heterocycles. The van der Waals surface area contributed by atoms with Gasteiger partial charge in [0.05, 0.1) is 19.6 Å². The van der Waals surface area contributed by atoms with Gasteiger partial charge in [0.15, 0.2) is 0 Å². The number of hydrogen-bond donors (Lipinski definition) is 1. The first-order valence-electron chi connectivity index (χ1n) is 9.18. The van der Waals surface area contributed by atoms with E-state index in [9.17, 15) is 9.59 Å². The summed E-state index contributed by atoms with van der Waals surface area (Å²) in [5, 5.41) is 2.76. The van der Waals surface area contributed by atoms with Gasteiger partial charge in [0, 0.05) is 18.0 Å². The molecule has 0 radical (unpaired) electrons. The number of esters is 1. The molecule has 1 amide bonds. The highest BCUT2D eigenvalue weighted by molar-refractivity contribution is 5.74. The fraction of sp³-hybridized carbons (Fsp3) is 0.409. The number of aromatic nitrogens is 1. The minimum atomic E-state index is -0.641. The third-order valence-electron chi connectivity index (χ3n) is 4.22. The van der Waals surface area contributed by atoms with Crippen LogP contribution in [0.4, 0.5) is 4.79 Å². The fourth-order valence-corrected chi connectivity index (χ4v) is 3.01. The normalized spacial score (nSPS) is 12.2. The highest BCUT2D eigenvalue weighted by atomic mass is 16.6. The molecule has 1 aromatic heterocycles. The number of rotatable bonds is 5. The zero-order valence-electron chi connectivity index (χ0n) is 17.3. The van der Waals surface area contributed by atoms with Crippen LogP contribution in [-0.2, 0) is 14.3 Å². The first kappa shape index (κ1) is 21.4. The van der Waals surface area contributed by atoms with Gasteiger partial charge in [-0.15, -0.1) is 0 Å². The molecule has 0 saturated carbocycles. The molecule has 6 nitrogen and oxygen atoms in total. The SMILES string of the molecule is COC(=O)C[C@H](NC(=O)OC(C)(C)C)c1cncc(-c2c(C)cccc2C)c1. The smallest absolute Gasteiger partial charge is 0.408 e. The van der Waals surface area contributed by atoms with Crippen molar-refractivity contribution in [2.45, 2.75) is 52.7 Å². The van der Waals surface area contributed by atoms with Gasteiger partial charge >= 0.3 is 12.1 Å². The average Bonchev–Trinajstić information content (AvgIpc) is 2.59. The van der Waals surface area contributed by atoms with E-state index in [2.05, 4.69) is 10.3 Å². The van der Waals surface area contributed by atoms with Gasteiger partial charge in [-0.25, -0.2) is 4.79 Å². The number of hydrogen-bond acceptors (Lipinski definition) is 5. The second-order valence-electron chi connectivity index (χ2n) is 7.75. The molecule has 0 fully saturated rings. The Kier molecular flexibility index (Phi) is 6.78. The molecule has 1 N–H and O–H groups in total. The molecule has 0 unspecified atom stereocenters. The number of carbonyl (C=O) groups is 2. The number of alkyl carbamates (subject to hydrolysis) is 1. The van der Waals surface area contributed by atoms with Crippen molar-refractivity contribution in [2.75, 3.05) is 7.11 Å². The number of methoxy groups -OCH3 is 1. The maximum atomic E-state index is 12.3.